The summed E-state index contributed by atoms with van der Waals surface area (Å²) in [6, 6.07) is 7.49. The zero-order valence-electron chi connectivity index (χ0n) is 16.2. The first-order valence-electron chi connectivity index (χ1n) is 9.47. The summed E-state index contributed by atoms with van der Waals surface area (Å²) in [5.74, 6) is -1.57. The van der Waals surface area contributed by atoms with Crippen LogP contribution in [-0.2, 0) is 19.1 Å². The van der Waals surface area contributed by atoms with E-state index in [1.54, 1.807) is 6.92 Å². The van der Waals surface area contributed by atoms with Gasteiger partial charge in [0.1, 0.15) is 5.76 Å². The molecule has 1 saturated heterocycles. The van der Waals surface area contributed by atoms with E-state index in [0.29, 0.717) is 24.3 Å². The average molecular weight is 409 g/mol. The van der Waals surface area contributed by atoms with Crippen LogP contribution in [0.25, 0.3) is 0 Å². The molecule has 9 nitrogen and oxygen atoms in total. The van der Waals surface area contributed by atoms with Gasteiger partial charge in [-0.2, -0.15) is 0 Å². The first-order valence-corrected chi connectivity index (χ1v) is 9.47. The molecule has 30 heavy (non-hydrogen) atoms. The van der Waals surface area contributed by atoms with Crippen LogP contribution in [0, 0.1) is 18.8 Å². The molecule has 2 heterocycles. The molecule has 1 N–H and O–H groups in total. The zero-order chi connectivity index (χ0) is 21.3. The van der Waals surface area contributed by atoms with Crippen LogP contribution in [0.2, 0.25) is 0 Å². The number of aryl methyl sites for hydroxylation is 1. The minimum Gasteiger partial charge on any atom is -0.452 e. The van der Waals surface area contributed by atoms with Gasteiger partial charge in [-0.1, -0.05) is 17.3 Å². The van der Waals surface area contributed by atoms with Gasteiger partial charge in [-0.15, -0.1) is 0 Å². The van der Waals surface area contributed by atoms with Crippen molar-refractivity contribution in [2.75, 3.05) is 16.8 Å². The second-order valence-corrected chi connectivity index (χ2v) is 7.16. The van der Waals surface area contributed by atoms with Gasteiger partial charge in [0.25, 0.3) is 5.91 Å². The zero-order valence-corrected chi connectivity index (χ0v) is 16.2. The third kappa shape index (κ3) is 3.73. The normalized spacial score (nSPS) is 20.2. The standard InChI is InChI=1S/C21H19N3O6/c1-12-10-17(23-30-12)22-18(25)11-29-21(28)13-6-8-14(9-7-13)24-19(26)15-4-2-3-5-16(15)20(24)27/h2-3,6-10,15-16H,4-5,11H2,1H3,(H,22,23,25)/t15-,16-/m1/s1. The number of allylic oxidation sites excluding steroid dienone is 2. The van der Waals surface area contributed by atoms with Crippen molar-refractivity contribution in [2.24, 2.45) is 11.8 Å². The van der Waals surface area contributed by atoms with Gasteiger partial charge in [0.05, 0.1) is 23.1 Å². The highest BCUT2D eigenvalue weighted by Gasteiger charge is 2.47. The van der Waals surface area contributed by atoms with Gasteiger partial charge in [-0.25, -0.2) is 4.79 Å². The molecule has 9 heteroatoms. The minimum atomic E-state index is -0.704. The number of nitrogens with one attached hydrogen (secondary N) is 1. The number of imide groups is 1. The highest BCUT2D eigenvalue weighted by molar-refractivity contribution is 6.22. The van der Waals surface area contributed by atoms with E-state index < -0.39 is 18.5 Å². The number of carbonyl (C=O) groups excluding carboxylic acids is 4. The maximum absolute atomic E-state index is 12.6. The molecular weight excluding hydrogens is 390 g/mol. The van der Waals surface area contributed by atoms with Crippen molar-refractivity contribution < 1.29 is 28.4 Å². The summed E-state index contributed by atoms with van der Waals surface area (Å²) in [6.45, 7) is 1.19. The molecule has 1 aromatic heterocycles. The third-order valence-corrected chi connectivity index (χ3v) is 5.10. The van der Waals surface area contributed by atoms with Gasteiger partial charge in [-0.05, 0) is 44.0 Å². The molecule has 0 radical (unpaired) electrons. The number of hydrogen-bond acceptors (Lipinski definition) is 7. The second kappa shape index (κ2) is 7.94. The maximum Gasteiger partial charge on any atom is 0.338 e. The van der Waals surface area contributed by atoms with Crippen molar-refractivity contribution in [3.8, 4) is 0 Å². The summed E-state index contributed by atoms with van der Waals surface area (Å²) in [6.07, 6.45) is 4.97. The number of amides is 3. The Labute approximate surface area is 171 Å². The Morgan fingerprint density at radius 3 is 2.33 bits per heavy atom. The first-order chi connectivity index (χ1) is 14.4. The fourth-order valence-electron chi connectivity index (χ4n) is 3.62. The van der Waals surface area contributed by atoms with E-state index in [2.05, 4.69) is 10.5 Å². The Balaban J connectivity index is 1.36. The summed E-state index contributed by atoms with van der Waals surface area (Å²) in [5, 5.41) is 6.06. The molecule has 0 saturated carbocycles. The highest BCUT2D eigenvalue weighted by Crippen LogP contribution is 2.37. The smallest absolute Gasteiger partial charge is 0.338 e. The van der Waals surface area contributed by atoms with Crippen LogP contribution in [-0.4, -0.2) is 35.5 Å². The molecule has 2 atom stereocenters. The summed E-state index contributed by atoms with van der Waals surface area (Å²) < 4.78 is 9.82. The SMILES string of the molecule is Cc1cc(NC(=O)COC(=O)c2ccc(N3C(=O)[C@@H]4CC=CC[C@H]4C3=O)cc2)no1. The summed E-state index contributed by atoms with van der Waals surface area (Å²) in [4.78, 5) is 50.4. The molecule has 2 aliphatic rings. The van der Waals surface area contributed by atoms with Gasteiger partial charge in [0.15, 0.2) is 12.4 Å². The van der Waals surface area contributed by atoms with Crippen LogP contribution >= 0.6 is 0 Å². The van der Waals surface area contributed by atoms with Crippen LogP contribution in [0.1, 0.15) is 29.0 Å². The van der Waals surface area contributed by atoms with Crippen molar-refractivity contribution in [3.05, 3.63) is 53.8 Å². The third-order valence-electron chi connectivity index (χ3n) is 5.10. The van der Waals surface area contributed by atoms with Gasteiger partial charge in [0.2, 0.25) is 11.8 Å². The highest BCUT2D eigenvalue weighted by atomic mass is 16.5. The number of ether oxygens (including phenoxy) is 1. The Morgan fingerprint density at radius 1 is 1.13 bits per heavy atom. The number of fused-ring (bicyclic) bond motifs is 1. The molecule has 4 rings (SSSR count). The predicted octanol–water partition coefficient (Wildman–Crippen LogP) is 2.23. The number of aromatic nitrogens is 1. The van der Waals surface area contributed by atoms with E-state index in [4.69, 9.17) is 9.26 Å². The molecule has 0 unspecified atom stereocenters. The maximum atomic E-state index is 12.6. The van der Waals surface area contributed by atoms with E-state index in [-0.39, 0.29) is 35.0 Å². The Kier molecular flexibility index (Phi) is 5.18. The largest absolute Gasteiger partial charge is 0.452 e. The number of anilines is 2. The second-order valence-electron chi connectivity index (χ2n) is 7.16. The van der Waals surface area contributed by atoms with Gasteiger partial charge in [0, 0.05) is 6.07 Å². The van der Waals surface area contributed by atoms with Gasteiger partial charge in [-0.3, -0.25) is 19.3 Å². The van der Waals surface area contributed by atoms with E-state index in [9.17, 15) is 19.2 Å². The predicted molar refractivity (Wildman–Crippen MR) is 104 cm³/mol. The summed E-state index contributed by atoms with van der Waals surface area (Å²) in [5.41, 5.74) is 0.608. The number of rotatable bonds is 5. The molecular formula is C21H19N3O6. The van der Waals surface area contributed by atoms with Crippen molar-refractivity contribution in [2.45, 2.75) is 19.8 Å². The molecule has 2 aromatic rings. The number of nitrogens with zero attached hydrogens (tertiary/aromatic N) is 2. The molecule has 3 amide bonds. The first kappa shape index (κ1) is 19.6. The van der Waals surface area contributed by atoms with Crippen LogP contribution < -0.4 is 10.2 Å². The average Bonchev–Trinajstić information content (AvgIpc) is 3.27. The molecule has 1 aliphatic carbocycles. The quantitative estimate of drug-likeness (QED) is 0.457. The number of benzene rings is 1. The lowest BCUT2D eigenvalue weighted by atomic mass is 9.85. The Morgan fingerprint density at radius 2 is 1.77 bits per heavy atom. The van der Waals surface area contributed by atoms with Crippen LogP contribution in [0.5, 0.6) is 0 Å². The topological polar surface area (TPSA) is 119 Å². The Bertz CT molecular complexity index is 1010. The van der Waals surface area contributed by atoms with E-state index >= 15 is 0 Å². The number of carbonyl (C=O) groups is 4. The fraction of sp³-hybridized carbons (Fsp3) is 0.286. The molecule has 154 valence electrons. The fourth-order valence-corrected chi connectivity index (χ4v) is 3.62. The van der Waals surface area contributed by atoms with E-state index in [0.717, 1.165) is 0 Å². The number of hydrogen-bond donors (Lipinski definition) is 1. The van der Waals surface area contributed by atoms with Crippen LogP contribution in [0.15, 0.2) is 47.0 Å². The molecule has 1 fully saturated rings. The van der Waals surface area contributed by atoms with Crippen LogP contribution in [0.3, 0.4) is 0 Å². The van der Waals surface area contributed by atoms with Gasteiger partial charge < -0.3 is 14.6 Å². The lowest BCUT2D eigenvalue weighted by Crippen LogP contribution is -2.30. The van der Waals surface area contributed by atoms with E-state index in [1.807, 2.05) is 12.2 Å². The number of esters is 1. The Hall–Kier alpha value is -3.75. The monoisotopic (exact) mass is 409 g/mol. The van der Waals surface area contributed by atoms with Crippen molar-refractivity contribution >= 4 is 35.2 Å². The molecule has 1 aromatic carbocycles. The van der Waals surface area contributed by atoms with Crippen LogP contribution in [0.4, 0.5) is 11.5 Å². The van der Waals surface area contributed by atoms with Crippen molar-refractivity contribution in [1.29, 1.82) is 0 Å². The minimum absolute atomic E-state index is 0.196. The lowest BCUT2D eigenvalue weighted by molar-refractivity contribution is -0.122. The lowest BCUT2D eigenvalue weighted by Gasteiger charge is -2.15. The van der Waals surface area contributed by atoms with Gasteiger partial charge >= 0.3 is 5.97 Å². The summed E-state index contributed by atoms with van der Waals surface area (Å²) in [7, 11) is 0. The molecule has 0 spiro atoms. The molecule has 0 bridgehead atoms. The summed E-state index contributed by atoms with van der Waals surface area (Å²) >= 11 is 0. The molecule has 1 aliphatic heterocycles. The van der Waals surface area contributed by atoms with Crippen molar-refractivity contribution in [1.82, 2.24) is 5.16 Å². The van der Waals surface area contributed by atoms with E-state index in [1.165, 1.54) is 35.2 Å². The van der Waals surface area contributed by atoms with Crippen molar-refractivity contribution in [3.63, 3.8) is 0 Å².